The SMILES string of the molecule is CN1CCOC(C2=NCC(=O)N2)C1. The van der Waals surface area contributed by atoms with Crippen molar-refractivity contribution < 1.29 is 9.53 Å². The summed E-state index contributed by atoms with van der Waals surface area (Å²) in [6.07, 6.45) is -0.0507. The minimum Gasteiger partial charge on any atom is -0.368 e. The molecule has 1 fully saturated rings. The molecule has 1 atom stereocenters. The summed E-state index contributed by atoms with van der Waals surface area (Å²) in [5, 5.41) is 2.70. The highest BCUT2D eigenvalue weighted by molar-refractivity contribution is 6.06. The molecule has 2 heterocycles. The number of rotatable bonds is 1. The molecule has 5 nitrogen and oxygen atoms in total. The van der Waals surface area contributed by atoms with Crippen molar-refractivity contribution in [2.45, 2.75) is 6.10 Å². The topological polar surface area (TPSA) is 53.9 Å². The van der Waals surface area contributed by atoms with Gasteiger partial charge in [-0.25, -0.2) is 0 Å². The molecule has 72 valence electrons. The van der Waals surface area contributed by atoms with Gasteiger partial charge in [0, 0.05) is 13.1 Å². The van der Waals surface area contributed by atoms with Gasteiger partial charge >= 0.3 is 0 Å². The first kappa shape index (κ1) is 8.65. The Hall–Kier alpha value is -0.940. The minimum atomic E-state index is -0.0507. The second-order valence-corrected chi connectivity index (χ2v) is 3.37. The number of nitrogens with zero attached hydrogens (tertiary/aromatic N) is 2. The molecule has 5 heteroatoms. The van der Waals surface area contributed by atoms with Crippen LogP contribution in [0.5, 0.6) is 0 Å². The Morgan fingerprint density at radius 3 is 3.15 bits per heavy atom. The lowest BCUT2D eigenvalue weighted by atomic mass is 10.2. The molecule has 0 saturated carbocycles. The smallest absolute Gasteiger partial charge is 0.247 e. The summed E-state index contributed by atoms with van der Waals surface area (Å²) in [6, 6.07) is 0. The van der Waals surface area contributed by atoms with Crippen LogP contribution in [-0.2, 0) is 9.53 Å². The lowest BCUT2D eigenvalue weighted by molar-refractivity contribution is -0.117. The van der Waals surface area contributed by atoms with E-state index >= 15 is 0 Å². The number of hydrogen-bond donors (Lipinski definition) is 1. The number of amides is 1. The first-order valence-electron chi connectivity index (χ1n) is 4.40. The zero-order valence-corrected chi connectivity index (χ0v) is 7.62. The van der Waals surface area contributed by atoms with Crippen LogP contribution in [0.2, 0.25) is 0 Å². The van der Waals surface area contributed by atoms with Crippen molar-refractivity contribution in [3.63, 3.8) is 0 Å². The van der Waals surface area contributed by atoms with Crippen molar-refractivity contribution >= 4 is 11.7 Å². The average molecular weight is 183 g/mol. The third-order valence-corrected chi connectivity index (χ3v) is 2.24. The van der Waals surface area contributed by atoms with Gasteiger partial charge in [0.15, 0.2) is 0 Å². The number of ether oxygens (including phenoxy) is 1. The number of carbonyl (C=O) groups is 1. The fraction of sp³-hybridized carbons (Fsp3) is 0.750. The lowest BCUT2D eigenvalue weighted by Crippen LogP contribution is -2.47. The van der Waals surface area contributed by atoms with Crippen LogP contribution in [0.25, 0.3) is 0 Å². The number of carbonyl (C=O) groups excluding carboxylic acids is 1. The number of morpholine rings is 1. The van der Waals surface area contributed by atoms with E-state index in [2.05, 4.69) is 15.2 Å². The molecule has 2 rings (SSSR count). The molecule has 0 aromatic rings. The monoisotopic (exact) mass is 183 g/mol. The Labute approximate surface area is 76.8 Å². The highest BCUT2D eigenvalue weighted by Crippen LogP contribution is 2.06. The van der Waals surface area contributed by atoms with Crippen molar-refractivity contribution in [3.8, 4) is 0 Å². The highest BCUT2D eigenvalue weighted by Gasteiger charge is 2.26. The highest BCUT2D eigenvalue weighted by atomic mass is 16.5. The summed E-state index contributed by atoms with van der Waals surface area (Å²) in [5.74, 6) is 0.656. The van der Waals surface area contributed by atoms with E-state index in [4.69, 9.17) is 4.74 Å². The van der Waals surface area contributed by atoms with Crippen LogP contribution < -0.4 is 5.32 Å². The maximum atomic E-state index is 10.9. The van der Waals surface area contributed by atoms with Crippen molar-refractivity contribution in [1.82, 2.24) is 10.2 Å². The minimum absolute atomic E-state index is 0.0353. The van der Waals surface area contributed by atoms with Gasteiger partial charge in [-0.3, -0.25) is 9.79 Å². The van der Waals surface area contributed by atoms with E-state index in [0.29, 0.717) is 12.4 Å². The van der Waals surface area contributed by atoms with Gasteiger partial charge in [-0.1, -0.05) is 0 Å². The lowest BCUT2D eigenvalue weighted by Gasteiger charge is -2.29. The van der Waals surface area contributed by atoms with E-state index in [1.165, 1.54) is 0 Å². The fourth-order valence-electron chi connectivity index (χ4n) is 1.50. The van der Waals surface area contributed by atoms with Gasteiger partial charge in [-0.2, -0.15) is 0 Å². The number of nitrogens with one attached hydrogen (secondary N) is 1. The normalized spacial score (nSPS) is 30.1. The van der Waals surface area contributed by atoms with E-state index in [-0.39, 0.29) is 18.6 Å². The number of amidine groups is 1. The predicted octanol–water partition coefficient (Wildman–Crippen LogP) is -1.15. The molecule has 1 saturated heterocycles. The molecular weight excluding hydrogens is 170 g/mol. The molecule has 0 aromatic carbocycles. The Morgan fingerprint density at radius 2 is 2.54 bits per heavy atom. The standard InChI is InChI=1S/C8H13N3O2/c1-11-2-3-13-6(5-11)8-9-4-7(12)10-8/h6H,2-5H2,1H3,(H,9,10,12). The third-order valence-electron chi connectivity index (χ3n) is 2.24. The molecule has 0 aromatic heterocycles. The molecular formula is C8H13N3O2. The van der Waals surface area contributed by atoms with E-state index < -0.39 is 0 Å². The second kappa shape index (κ2) is 3.43. The zero-order chi connectivity index (χ0) is 9.26. The van der Waals surface area contributed by atoms with Gasteiger partial charge < -0.3 is 15.0 Å². The first-order chi connectivity index (χ1) is 6.25. The van der Waals surface area contributed by atoms with Gasteiger partial charge in [0.05, 0.1) is 6.61 Å². The second-order valence-electron chi connectivity index (χ2n) is 3.37. The van der Waals surface area contributed by atoms with Gasteiger partial charge in [-0.15, -0.1) is 0 Å². The first-order valence-corrected chi connectivity index (χ1v) is 4.40. The van der Waals surface area contributed by atoms with Crippen LogP contribution in [0, 0.1) is 0 Å². The quantitative estimate of drug-likeness (QED) is 0.558. The number of hydrogen-bond acceptors (Lipinski definition) is 4. The van der Waals surface area contributed by atoms with Gasteiger partial charge in [-0.05, 0) is 7.05 Å². The molecule has 0 radical (unpaired) electrons. The molecule has 0 bridgehead atoms. The van der Waals surface area contributed by atoms with Gasteiger partial charge in [0.2, 0.25) is 5.91 Å². The third kappa shape index (κ3) is 1.87. The maximum absolute atomic E-state index is 10.9. The largest absolute Gasteiger partial charge is 0.368 e. The Balaban J connectivity index is 1.96. The Morgan fingerprint density at radius 1 is 1.69 bits per heavy atom. The van der Waals surface area contributed by atoms with Crippen molar-refractivity contribution in [2.24, 2.45) is 4.99 Å². The zero-order valence-electron chi connectivity index (χ0n) is 7.62. The van der Waals surface area contributed by atoms with Crippen LogP contribution in [-0.4, -0.2) is 56.0 Å². The van der Waals surface area contributed by atoms with Crippen LogP contribution in [0.1, 0.15) is 0 Å². The molecule has 2 aliphatic heterocycles. The molecule has 0 spiro atoms. The summed E-state index contributed by atoms with van der Waals surface area (Å²) in [7, 11) is 2.03. The molecule has 2 aliphatic rings. The summed E-state index contributed by atoms with van der Waals surface area (Å²) >= 11 is 0. The molecule has 1 N–H and O–H groups in total. The Kier molecular flexibility index (Phi) is 2.28. The summed E-state index contributed by atoms with van der Waals surface area (Å²) < 4.78 is 5.49. The fourth-order valence-corrected chi connectivity index (χ4v) is 1.50. The summed E-state index contributed by atoms with van der Waals surface area (Å²) in [6.45, 7) is 2.70. The van der Waals surface area contributed by atoms with Crippen molar-refractivity contribution in [1.29, 1.82) is 0 Å². The maximum Gasteiger partial charge on any atom is 0.247 e. The summed E-state index contributed by atoms with van der Waals surface area (Å²) in [5.41, 5.74) is 0. The molecule has 1 unspecified atom stereocenters. The molecule has 1 amide bonds. The van der Waals surface area contributed by atoms with Crippen molar-refractivity contribution in [2.75, 3.05) is 33.3 Å². The van der Waals surface area contributed by atoms with E-state index in [0.717, 1.165) is 13.1 Å². The van der Waals surface area contributed by atoms with E-state index in [1.807, 2.05) is 7.05 Å². The number of likely N-dealkylation sites (N-methyl/N-ethyl adjacent to an activating group) is 1. The van der Waals surface area contributed by atoms with Crippen LogP contribution in [0.4, 0.5) is 0 Å². The van der Waals surface area contributed by atoms with E-state index in [1.54, 1.807) is 0 Å². The predicted molar refractivity (Wildman–Crippen MR) is 47.7 cm³/mol. The van der Waals surface area contributed by atoms with Crippen LogP contribution >= 0.6 is 0 Å². The van der Waals surface area contributed by atoms with Crippen molar-refractivity contribution in [3.05, 3.63) is 0 Å². The molecule has 0 aliphatic carbocycles. The van der Waals surface area contributed by atoms with Gasteiger partial charge in [0.25, 0.3) is 0 Å². The average Bonchev–Trinajstić information content (AvgIpc) is 2.52. The van der Waals surface area contributed by atoms with Crippen LogP contribution in [0.3, 0.4) is 0 Å². The van der Waals surface area contributed by atoms with Gasteiger partial charge in [0.1, 0.15) is 18.5 Å². The molecule has 13 heavy (non-hydrogen) atoms. The van der Waals surface area contributed by atoms with E-state index in [9.17, 15) is 4.79 Å². The Bertz CT molecular complexity index is 252. The number of aliphatic imine (C=N–C) groups is 1. The van der Waals surface area contributed by atoms with Crippen LogP contribution in [0.15, 0.2) is 4.99 Å². The summed E-state index contributed by atoms with van der Waals surface area (Å²) in [4.78, 5) is 17.1.